The normalized spacial score (nSPS) is 20.0. The van der Waals surface area contributed by atoms with Crippen LogP contribution in [0.3, 0.4) is 0 Å². The van der Waals surface area contributed by atoms with Crippen molar-refractivity contribution in [2.45, 2.75) is 32.7 Å². The number of carbonyl (C=O) groups is 1. The quantitative estimate of drug-likeness (QED) is 0.778. The zero-order valence-corrected chi connectivity index (χ0v) is 15.0. The molecule has 1 aromatic rings. The molecule has 1 fully saturated rings. The fourth-order valence-electron chi connectivity index (χ4n) is 2.83. The van der Waals surface area contributed by atoms with Crippen LogP contribution >= 0.6 is 15.9 Å². The highest BCUT2D eigenvalue weighted by molar-refractivity contribution is 9.10. The molecule has 122 valence electrons. The third-order valence-electron chi connectivity index (χ3n) is 4.19. The van der Waals surface area contributed by atoms with E-state index in [1.165, 1.54) is 19.5 Å². The highest BCUT2D eigenvalue weighted by atomic mass is 79.9. The molecule has 1 aromatic carbocycles. The van der Waals surface area contributed by atoms with Crippen molar-refractivity contribution in [3.63, 3.8) is 0 Å². The summed E-state index contributed by atoms with van der Waals surface area (Å²) in [4.78, 5) is 14.5. The summed E-state index contributed by atoms with van der Waals surface area (Å²) in [5.74, 6) is 0.779. The molecule has 2 atom stereocenters. The van der Waals surface area contributed by atoms with Crippen LogP contribution in [-0.4, -0.2) is 43.0 Å². The van der Waals surface area contributed by atoms with E-state index in [2.05, 4.69) is 45.3 Å². The number of hydrogen-bond acceptors (Lipinski definition) is 3. The smallest absolute Gasteiger partial charge is 0.225 e. The van der Waals surface area contributed by atoms with Crippen molar-refractivity contribution >= 4 is 27.5 Å². The number of carbonyl (C=O) groups excluding carboxylic acids is 1. The Bertz CT molecular complexity index is 477. The summed E-state index contributed by atoms with van der Waals surface area (Å²) in [7, 11) is 0. The van der Waals surface area contributed by atoms with Crippen LogP contribution in [0.4, 0.5) is 5.69 Å². The molecule has 1 saturated heterocycles. The Kier molecular flexibility index (Phi) is 6.86. The molecule has 0 saturated carbocycles. The Balaban J connectivity index is 1.67. The lowest BCUT2D eigenvalue weighted by atomic mass is 10.1. The summed E-state index contributed by atoms with van der Waals surface area (Å²) in [6.07, 6.45) is 1.76. The molecule has 1 heterocycles. The molecule has 0 aliphatic carbocycles. The van der Waals surface area contributed by atoms with E-state index in [1.807, 2.05) is 24.3 Å². The van der Waals surface area contributed by atoms with Crippen LogP contribution in [0.25, 0.3) is 0 Å². The van der Waals surface area contributed by atoms with Gasteiger partial charge in [0.2, 0.25) is 5.91 Å². The standard InChI is InChI=1S/C17H26BrN3O/c1-3-21-9-8-14(12-21)11-19-13(2)10-17(22)20-16-6-4-15(18)5-7-16/h4-7,13-14,19H,3,8-12H2,1-2H3,(H,20,22). The third-order valence-corrected chi connectivity index (χ3v) is 4.72. The highest BCUT2D eigenvalue weighted by Crippen LogP contribution is 2.16. The minimum absolute atomic E-state index is 0.0592. The number of benzene rings is 1. The number of amides is 1. The van der Waals surface area contributed by atoms with E-state index < -0.39 is 0 Å². The number of rotatable bonds is 7. The van der Waals surface area contributed by atoms with Crippen molar-refractivity contribution < 1.29 is 4.79 Å². The molecule has 1 aliphatic heterocycles. The van der Waals surface area contributed by atoms with Crippen LogP contribution < -0.4 is 10.6 Å². The number of anilines is 1. The molecule has 0 bridgehead atoms. The number of likely N-dealkylation sites (tertiary alicyclic amines) is 1. The van der Waals surface area contributed by atoms with Gasteiger partial charge in [-0.25, -0.2) is 0 Å². The Morgan fingerprint density at radius 1 is 1.41 bits per heavy atom. The number of hydrogen-bond donors (Lipinski definition) is 2. The van der Waals surface area contributed by atoms with Gasteiger partial charge < -0.3 is 15.5 Å². The summed E-state index contributed by atoms with van der Waals surface area (Å²) < 4.78 is 1.01. The van der Waals surface area contributed by atoms with Gasteiger partial charge in [-0.2, -0.15) is 0 Å². The monoisotopic (exact) mass is 367 g/mol. The molecule has 2 N–H and O–H groups in total. The van der Waals surface area contributed by atoms with Gasteiger partial charge >= 0.3 is 0 Å². The molecule has 2 rings (SSSR count). The van der Waals surface area contributed by atoms with Crippen molar-refractivity contribution in [2.75, 3.05) is 31.5 Å². The second kappa shape index (κ2) is 8.65. The second-order valence-electron chi connectivity index (χ2n) is 6.12. The van der Waals surface area contributed by atoms with Crippen LogP contribution in [0.5, 0.6) is 0 Å². The first-order valence-electron chi connectivity index (χ1n) is 8.08. The molecule has 5 heteroatoms. The fourth-order valence-corrected chi connectivity index (χ4v) is 3.09. The first-order chi connectivity index (χ1) is 10.6. The molecular formula is C17H26BrN3O. The molecule has 0 spiro atoms. The maximum absolute atomic E-state index is 12.0. The topological polar surface area (TPSA) is 44.4 Å². The number of halogens is 1. The van der Waals surface area contributed by atoms with Crippen LogP contribution in [0, 0.1) is 5.92 Å². The van der Waals surface area contributed by atoms with E-state index in [0.29, 0.717) is 6.42 Å². The van der Waals surface area contributed by atoms with E-state index in [1.54, 1.807) is 0 Å². The van der Waals surface area contributed by atoms with Crippen LogP contribution in [-0.2, 0) is 4.79 Å². The molecule has 4 nitrogen and oxygen atoms in total. The molecule has 22 heavy (non-hydrogen) atoms. The van der Waals surface area contributed by atoms with Crippen LogP contribution in [0.15, 0.2) is 28.7 Å². The first-order valence-corrected chi connectivity index (χ1v) is 8.87. The maximum atomic E-state index is 12.0. The molecule has 0 radical (unpaired) electrons. The van der Waals surface area contributed by atoms with Crippen molar-refractivity contribution in [3.8, 4) is 0 Å². The molecule has 0 aromatic heterocycles. The van der Waals surface area contributed by atoms with Crippen LogP contribution in [0.1, 0.15) is 26.7 Å². The minimum Gasteiger partial charge on any atom is -0.326 e. The van der Waals surface area contributed by atoms with Gasteiger partial charge in [-0.1, -0.05) is 22.9 Å². The molecule has 1 aliphatic rings. The lowest BCUT2D eigenvalue weighted by molar-refractivity contribution is -0.116. The number of nitrogens with zero attached hydrogens (tertiary/aromatic N) is 1. The van der Waals surface area contributed by atoms with Crippen molar-refractivity contribution in [3.05, 3.63) is 28.7 Å². The van der Waals surface area contributed by atoms with Crippen molar-refractivity contribution in [1.29, 1.82) is 0 Å². The van der Waals surface area contributed by atoms with Gasteiger partial charge in [0.1, 0.15) is 0 Å². The van der Waals surface area contributed by atoms with Crippen molar-refractivity contribution in [2.24, 2.45) is 5.92 Å². The van der Waals surface area contributed by atoms with Gasteiger partial charge in [-0.15, -0.1) is 0 Å². The van der Waals surface area contributed by atoms with E-state index in [9.17, 15) is 4.79 Å². The summed E-state index contributed by atoms with van der Waals surface area (Å²) in [6, 6.07) is 7.86. The SMILES string of the molecule is CCN1CCC(CNC(C)CC(=O)Nc2ccc(Br)cc2)C1. The van der Waals surface area contributed by atoms with Gasteiger partial charge in [0, 0.05) is 29.2 Å². The third kappa shape index (κ3) is 5.71. The lowest BCUT2D eigenvalue weighted by Gasteiger charge is -2.17. The lowest BCUT2D eigenvalue weighted by Crippen LogP contribution is -2.35. The van der Waals surface area contributed by atoms with E-state index in [0.717, 1.165) is 29.2 Å². The Morgan fingerprint density at radius 2 is 2.14 bits per heavy atom. The van der Waals surface area contributed by atoms with Crippen LogP contribution in [0.2, 0.25) is 0 Å². The van der Waals surface area contributed by atoms with Gasteiger partial charge in [0.05, 0.1) is 0 Å². The van der Waals surface area contributed by atoms with E-state index in [4.69, 9.17) is 0 Å². The molecular weight excluding hydrogens is 342 g/mol. The highest BCUT2D eigenvalue weighted by Gasteiger charge is 2.21. The van der Waals surface area contributed by atoms with Crippen molar-refractivity contribution in [1.82, 2.24) is 10.2 Å². The summed E-state index contributed by atoms with van der Waals surface area (Å²) >= 11 is 3.39. The number of nitrogens with one attached hydrogen (secondary N) is 2. The zero-order valence-electron chi connectivity index (χ0n) is 13.4. The van der Waals surface area contributed by atoms with E-state index in [-0.39, 0.29) is 11.9 Å². The summed E-state index contributed by atoms with van der Waals surface area (Å²) in [5, 5.41) is 6.44. The second-order valence-corrected chi connectivity index (χ2v) is 7.03. The summed E-state index contributed by atoms with van der Waals surface area (Å²) in [5.41, 5.74) is 0.842. The average molecular weight is 368 g/mol. The molecule has 2 unspecified atom stereocenters. The van der Waals surface area contributed by atoms with E-state index >= 15 is 0 Å². The fraction of sp³-hybridized carbons (Fsp3) is 0.588. The largest absolute Gasteiger partial charge is 0.326 e. The Labute approximate surface area is 141 Å². The van der Waals surface area contributed by atoms with Gasteiger partial charge in [0.15, 0.2) is 0 Å². The molecule has 1 amide bonds. The van der Waals surface area contributed by atoms with Gasteiger partial charge in [-0.05, 0) is 63.2 Å². The maximum Gasteiger partial charge on any atom is 0.225 e. The predicted molar refractivity (Wildman–Crippen MR) is 95.1 cm³/mol. The average Bonchev–Trinajstić information content (AvgIpc) is 2.95. The Hall–Kier alpha value is -0.910. The zero-order chi connectivity index (χ0) is 15.9. The summed E-state index contributed by atoms with van der Waals surface area (Å²) in [6.45, 7) is 8.83. The van der Waals surface area contributed by atoms with Gasteiger partial charge in [-0.3, -0.25) is 4.79 Å². The van der Waals surface area contributed by atoms with Gasteiger partial charge in [0.25, 0.3) is 0 Å². The first kappa shape index (κ1) is 17.4. The Morgan fingerprint density at radius 3 is 2.77 bits per heavy atom. The predicted octanol–water partition coefficient (Wildman–Crippen LogP) is 3.10. The minimum atomic E-state index is 0.0592.